The van der Waals surface area contributed by atoms with Gasteiger partial charge in [0.1, 0.15) is 11.5 Å². The fourth-order valence-corrected chi connectivity index (χ4v) is 1.68. The van der Waals surface area contributed by atoms with Gasteiger partial charge in [-0.1, -0.05) is 6.07 Å². The van der Waals surface area contributed by atoms with Crippen molar-refractivity contribution in [2.75, 3.05) is 5.73 Å². The zero-order valence-corrected chi connectivity index (χ0v) is 11.2. The summed E-state index contributed by atoms with van der Waals surface area (Å²) in [7, 11) is 0. The van der Waals surface area contributed by atoms with Gasteiger partial charge in [-0.3, -0.25) is 0 Å². The Hall–Kier alpha value is -2.30. The predicted octanol–water partition coefficient (Wildman–Crippen LogP) is 4.13. The molecule has 0 amide bonds. The van der Waals surface area contributed by atoms with Crippen LogP contribution in [0, 0.1) is 11.6 Å². The van der Waals surface area contributed by atoms with Crippen molar-refractivity contribution < 1.29 is 18.3 Å². The van der Waals surface area contributed by atoms with Crippen molar-refractivity contribution in [2.45, 2.75) is 20.0 Å². The van der Waals surface area contributed by atoms with Crippen LogP contribution in [-0.4, -0.2) is 6.10 Å². The highest BCUT2D eigenvalue weighted by Gasteiger charge is 2.11. The summed E-state index contributed by atoms with van der Waals surface area (Å²) in [5.74, 6) is -1.42. The van der Waals surface area contributed by atoms with E-state index in [9.17, 15) is 8.78 Å². The minimum Gasteiger partial charge on any atom is -0.491 e. The number of hydrogen-bond donors (Lipinski definition) is 1. The van der Waals surface area contributed by atoms with Crippen molar-refractivity contribution in [3.63, 3.8) is 0 Å². The molecule has 0 aromatic heterocycles. The SMILES string of the molecule is CC(C)Oc1cc(N)cc(Oc2cccc(F)c2F)c1. The van der Waals surface area contributed by atoms with E-state index in [2.05, 4.69) is 0 Å². The molecule has 0 unspecified atom stereocenters. The van der Waals surface area contributed by atoms with Crippen LogP contribution in [0.25, 0.3) is 0 Å². The minimum absolute atomic E-state index is 0.0319. The topological polar surface area (TPSA) is 44.5 Å². The van der Waals surface area contributed by atoms with Gasteiger partial charge in [-0.15, -0.1) is 0 Å². The smallest absolute Gasteiger partial charge is 0.201 e. The molecule has 3 nitrogen and oxygen atoms in total. The molecule has 2 N–H and O–H groups in total. The third kappa shape index (κ3) is 3.38. The average Bonchev–Trinajstić information content (AvgIpc) is 2.33. The van der Waals surface area contributed by atoms with Gasteiger partial charge in [0.15, 0.2) is 11.6 Å². The maximum absolute atomic E-state index is 13.5. The zero-order chi connectivity index (χ0) is 14.7. The van der Waals surface area contributed by atoms with E-state index in [0.717, 1.165) is 6.07 Å². The van der Waals surface area contributed by atoms with Gasteiger partial charge in [-0.2, -0.15) is 4.39 Å². The van der Waals surface area contributed by atoms with Crippen molar-refractivity contribution >= 4 is 5.69 Å². The van der Waals surface area contributed by atoms with Gasteiger partial charge in [0.05, 0.1) is 6.10 Å². The van der Waals surface area contributed by atoms with Crippen LogP contribution in [0.3, 0.4) is 0 Å². The average molecular weight is 279 g/mol. The van der Waals surface area contributed by atoms with Crippen LogP contribution in [0.4, 0.5) is 14.5 Å². The molecule has 0 bridgehead atoms. The molecule has 0 heterocycles. The van der Waals surface area contributed by atoms with Gasteiger partial charge in [0, 0.05) is 23.9 Å². The normalized spacial score (nSPS) is 10.7. The maximum atomic E-state index is 13.5. The van der Waals surface area contributed by atoms with E-state index in [0.29, 0.717) is 11.4 Å². The molecule has 5 heteroatoms. The molecule has 0 aliphatic heterocycles. The van der Waals surface area contributed by atoms with Crippen molar-refractivity contribution in [3.05, 3.63) is 48.0 Å². The van der Waals surface area contributed by atoms with Gasteiger partial charge in [-0.05, 0) is 26.0 Å². The predicted molar refractivity (Wildman–Crippen MR) is 73.1 cm³/mol. The van der Waals surface area contributed by atoms with Crippen LogP contribution in [-0.2, 0) is 0 Å². The van der Waals surface area contributed by atoms with Crippen molar-refractivity contribution in [1.82, 2.24) is 0 Å². The fraction of sp³-hybridized carbons (Fsp3) is 0.200. The van der Waals surface area contributed by atoms with E-state index in [1.807, 2.05) is 13.8 Å². The van der Waals surface area contributed by atoms with Crippen molar-refractivity contribution in [1.29, 1.82) is 0 Å². The van der Waals surface area contributed by atoms with E-state index < -0.39 is 11.6 Å². The summed E-state index contributed by atoms with van der Waals surface area (Å²) in [5.41, 5.74) is 6.14. The lowest BCUT2D eigenvalue weighted by Gasteiger charge is -2.13. The lowest BCUT2D eigenvalue weighted by Crippen LogP contribution is -2.06. The number of rotatable bonds is 4. The van der Waals surface area contributed by atoms with Gasteiger partial charge in [0.25, 0.3) is 0 Å². The second-order valence-electron chi connectivity index (χ2n) is 4.56. The highest BCUT2D eigenvalue weighted by Crippen LogP contribution is 2.30. The number of nitrogens with two attached hydrogens (primary N) is 1. The number of nitrogen functional groups attached to an aromatic ring is 1. The Morgan fingerprint density at radius 3 is 2.45 bits per heavy atom. The fourth-order valence-electron chi connectivity index (χ4n) is 1.68. The quantitative estimate of drug-likeness (QED) is 0.856. The van der Waals surface area contributed by atoms with E-state index in [1.54, 1.807) is 12.1 Å². The van der Waals surface area contributed by atoms with Crippen LogP contribution < -0.4 is 15.2 Å². The first-order chi connectivity index (χ1) is 9.45. The third-order valence-electron chi connectivity index (χ3n) is 2.42. The molecule has 0 radical (unpaired) electrons. The first kappa shape index (κ1) is 14.1. The number of ether oxygens (including phenoxy) is 2. The first-order valence-electron chi connectivity index (χ1n) is 6.15. The molecular formula is C15H15F2NO2. The van der Waals surface area contributed by atoms with E-state index >= 15 is 0 Å². The Morgan fingerprint density at radius 2 is 1.75 bits per heavy atom. The van der Waals surface area contributed by atoms with Crippen molar-refractivity contribution in [3.8, 4) is 17.2 Å². The largest absolute Gasteiger partial charge is 0.491 e. The van der Waals surface area contributed by atoms with Crippen molar-refractivity contribution in [2.24, 2.45) is 0 Å². The second kappa shape index (κ2) is 5.77. The summed E-state index contributed by atoms with van der Waals surface area (Å²) in [5, 5.41) is 0. The lowest BCUT2D eigenvalue weighted by molar-refractivity contribution is 0.241. The Bertz CT molecular complexity index is 615. The van der Waals surface area contributed by atoms with Gasteiger partial charge < -0.3 is 15.2 Å². The summed E-state index contributed by atoms with van der Waals surface area (Å²) >= 11 is 0. The zero-order valence-electron chi connectivity index (χ0n) is 11.2. The van der Waals surface area contributed by atoms with Crippen LogP contribution in [0.15, 0.2) is 36.4 Å². The highest BCUT2D eigenvalue weighted by atomic mass is 19.2. The molecule has 0 aliphatic carbocycles. The first-order valence-corrected chi connectivity index (χ1v) is 6.15. The molecule has 0 saturated heterocycles. The van der Waals surface area contributed by atoms with Crippen LogP contribution in [0.5, 0.6) is 17.2 Å². The summed E-state index contributed by atoms with van der Waals surface area (Å²) in [6.45, 7) is 3.74. The Morgan fingerprint density at radius 1 is 1.05 bits per heavy atom. The summed E-state index contributed by atoms with van der Waals surface area (Å²) < 4.78 is 37.5. The summed E-state index contributed by atoms with van der Waals surface area (Å²) in [6.07, 6.45) is -0.0319. The number of benzene rings is 2. The Kier molecular flexibility index (Phi) is 4.08. The monoisotopic (exact) mass is 279 g/mol. The molecular weight excluding hydrogens is 264 g/mol. The molecule has 106 valence electrons. The van der Waals surface area contributed by atoms with Gasteiger partial charge in [0.2, 0.25) is 5.82 Å². The second-order valence-corrected chi connectivity index (χ2v) is 4.56. The molecule has 20 heavy (non-hydrogen) atoms. The number of anilines is 1. The van der Waals surface area contributed by atoms with Gasteiger partial charge >= 0.3 is 0 Å². The van der Waals surface area contributed by atoms with E-state index in [4.69, 9.17) is 15.2 Å². The molecule has 2 rings (SSSR count). The Labute approximate surface area is 115 Å². The summed E-state index contributed by atoms with van der Waals surface area (Å²) in [4.78, 5) is 0. The molecule has 2 aromatic rings. The van der Waals surface area contributed by atoms with Crippen LogP contribution >= 0.6 is 0 Å². The van der Waals surface area contributed by atoms with E-state index in [-0.39, 0.29) is 17.6 Å². The number of hydrogen-bond acceptors (Lipinski definition) is 3. The standard InChI is InChI=1S/C15H15F2NO2/c1-9(2)19-11-6-10(18)7-12(8-11)20-14-5-3-4-13(16)15(14)17/h3-9H,18H2,1-2H3. The maximum Gasteiger partial charge on any atom is 0.201 e. The molecule has 2 aromatic carbocycles. The van der Waals surface area contributed by atoms with E-state index in [1.165, 1.54) is 18.2 Å². The van der Waals surface area contributed by atoms with Gasteiger partial charge in [-0.25, -0.2) is 4.39 Å². The minimum atomic E-state index is -1.04. The molecule has 0 spiro atoms. The van der Waals surface area contributed by atoms with Crippen LogP contribution in [0.1, 0.15) is 13.8 Å². The third-order valence-corrected chi connectivity index (χ3v) is 2.42. The number of halogens is 2. The molecule has 0 saturated carbocycles. The highest BCUT2D eigenvalue weighted by molar-refractivity contribution is 5.51. The molecule has 0 atom stereocenters. The van der Waals surface area contributed by atoms with Crippen LogP contribution in [0.2, 0.25) is 0 Å². The molecule has 0 aliphatic rings. The lowest BCUT2D eigenvalue weighted by atomic mass is 10.2. The summed E-state index contributed by atoms with van der Waals surface area (Å²) in [6, 6.07) is 8.44. The Balaban J connectivity index is 2.29. The molecule has 0 fully saturated rings.